The Labute approximate surface area is 69.8 Å². The van der Waals surface area contributed by atoms with Crippen molar-refractivity contribution in [2.24, 2.45) is 0 Å². The first-order chi connectivity index (χ1) is 5.37. The topological polar surface area (TPSA) is 18.5 Å². The molecule has 1 aliphatic rings. The van der Waals surface area contributed by atoms with Crippen molar-refractivity contribution >= 4 is 11.3 Å². The lowest BCUT2D eigenvalue weighted by molar-refractivity contribution is -0.202. The standard InChI is InChI=1S/C8H9O2S/c1-9-8(5-10-6-8)7-2-3-11-4-7/h2,4H,5-6H2,1H3. The van der Waals surface area contributed by atoms with Crippen LogP contribution in [0.2, 0.25) is 0 Å². The molecule has 59 valence electrons. The predicted octanol–water partition coefficient (Wildman–Crippen LogP) is 1.42. The molecule has 1 aromatic heterocycles. The Kier molecular flexibility index (Phi) is 1.71. The van der Waals surface area contributed by atoms with Crippen LogP contribution in [0.25, 0.3) is 0 Å². The van der Waals surface area contributed by atoms with Gasteiger partial charge < -0.3 is 9.47 Å². The van der Waals surface area contributed by atoms with E-state index >= 15 is 0 Å². The average molecular weight is 169 g/mol. The van der Waals surface area contributed by atoms with Crippen LogP contribution < -0.4 is 0 Å². The third kappa shape index (κ3) is 1.00. The highest BCUT2D eigenvalue weighted by atomic mass is 32.1. The van der Waals surface area contributed by atoms with E-state index in [2.05, 4.69) is 10.8 Å². The van der Waals surface area contributed by atoms with Crippen LogP contribution in [0.15, 0.2) is 11.4 Å². The van der Waals surface area contributed by atoms with E-state index in [1.807, 2.05) is 6.07 Å². The third-order valence-electron chi connectivity index (χ3n) is 2.06. The molecule has 0 atom stereocenters. The number of hydrogen-bond acceptors (Lipinski definition) is 3. The number of methoxy groups -OCH3 is 1. The number of ether oxygens (including phenoxy) is 2. The zero-order valence-corrected chi connectivity index (χ0v) is 7.11. The zero-order valence-electron chi connectivity index (χ0n) is 6.29. The maximum absolute atomic E-state index is 5.38. The van der Waals surface area contributed by atoms with Gasteiger partial charge >= 0.3 is 0 Å². The summed E-state index contributed by atoms with van der Waals surface area (Å²) in [4.78, 5) is 0. The molecule has 0 unspecified atom stereocenters. The van der Waals surface area contributed by atoms with Gasteiger partial charge in [-0.05, 0) is 17.0 Å². The monoisotopic (exact) mass is 169 g/mol. The Morgan fingerprint density at radius 1 is 1.73 bits per heavy atom. The highest BCUT2D eigenvalue weighted by Gasteiger charge is 2.40. The predicted molar refractivity (Wildman–Crippen MR) is 42.7 cm³/mol. The van der Waals surface area contributed by atoms with Gasteiger partial charge in [0.15, 0.2) is 0 Å². The molecule has 0 saturated carbocycles. The maximum Gasteiger partial charge on any atom is 0.140 e. The summed E-state index contributed by atoms with van der Waals surface area (Å²) < 4.78 is 10.5. The Morgan fingerprint density at radius 2 is 2.55 bits per heavy atom. The van der Waals surface area contributed by atoms with Crippen molar-refractivity contribution in [2.75, 3.05) is 20.3 Å². The van der Waals surface area contributed by atoms with Gasteiger partial charge in [-0.25, -0.2) is 0 Å². The fourth-order valence-corrected chi connectivity index (χ4v) is 1.83. The van der Waals surface area contributed by atoms with Gasteiger partial charge in [-0.2, -0.15) is 0 Å². The lowest BCUT2D eigenvalue weighted by atomic mass is 9.95. The highest BCUT2D eigenvalue weighted by Crippen LogP contribution is 2.33. The third-order valence-corrected chi connectivity index (χ3v) is 2.68. The van der Waals surface area contributed by atoms with Crippen LogP contribution >= 0.6 is 11.3 Å². The van der Waals surface area contributed by atoms with Crippen molar-refractivity contribution in [3.05, 3.63) is 22.4 Å². The molecular weight excluding hydrogens is 160 g/mol. The summed E-state index contributed by atoms with van der Waals surface area (Å²) in [5, 5.41) is 5.11. The summed E-state index contributed by atoms with van der Waals surface area (Å²) in [5.41, 5.74) is 1.03. The van der Waals surface area contributed by atoms with Crippen molar-refractivity contribution in [3.8, 4) is 0 Å². The molecule has 2 rings (SSSR count). The molecule has 0 amide bonds. The van der Waals surface area contributed by atoms with Gasteiger partial charge in [0.2, 0.25) is 0 Å². The largest absolute Gasteiger partial charge is 0.375 e. The maximum atomic E-state index is 5.38. The van der Waals surface area contributed by atoms with Crippen LogP contribution in [0.3, 0.4) is 0 Å². The van der Waals surface area contributed by atoms with Crippen LogP contribution in [-0.2, 0) is 15.1 Å². The highest BCUT2D eigenvalue weighted by molar-refractivity contribution is 7.07. The van der Waals surface area contributed by atoms with Crippen molar-refractivity contribution in [1.29, 1.82) is 0 Å². The van der Waals surface area contributed by atoms with Crippen molar-refractivity contribution in [3.63, 3.8) is 0 Å². The van der Waals surface area contributed by atoms with E-state index in [1.165, 1.54) is 5.56 Å². The molecule has 0 N–H and O–H groups in total. The smallest absolute Gasteiger partial charge is 0.140 e. The second-order valence-electron chi connectivity index (χ2n) is 2.64. The first kappa shape index (κ1) is 7.28. The minimum absolute atomic E-state index is 0.156. The average Bonchev–Trinajstić information content (AvgIpc) is 2.39. The molecule has 1 radical (unpaired) electrons. The zero-order chi connectivity index (χ0) is 7.73. The Balaban J connectivity index is 2.25. The molecule has 11 heavy (non-hydrogen) atoms. The molecule has 1 aliphatic heterocycles. The molecule has 1 aromatic rings. The minimum atomic E-state index is -0.156. The van der Waals surface area contributed by atoms with E-state index in [0.717, 1.165) is 0 Å². The van der Waals surface area contributed by atoms with Crippen LogP contribution in [0.1, 0.15) is 5.56 Å². The summed E-state index contributed by atoms with van der Waals surface area (Å²) >= 11 is 1.57. The lowest BCUT2D eigenvalue weighted by Crippen LogP contribution is -2.47. The lowest BCUT2D eigenvalue weighted by Gasteiger charge is -2.39. The molecule has 1 fully saturated rings. The van der Waals surface area contributed by atoms with Crippen LogP contribution in [0.4, 0.5) is 0 Å². The molecule has 2 heterocycles. The van der Waals surface area contributed by atoms with Crippen LogP contribution in [0, 0.1) is 5.38 Å². The van der Waals surface area contributed by atoms with Crippen molar-refractivity contribution in [1.82, 2.24) is 0 Å². The van der Waals surface area contributed by atoms with E-state index in [0.29, 0.717) is 13.2 Å². The second-order valence-corrected chi connectivity index (χ2v) is 3.35. The van der Waals surface area contributed by atoms with Gasteiger partial charge in [-0.3, -0.25) is 0 Å². The number of hydrogen-bond donors (Lipinski definition) is 0. The fourth-order valence-electron chi connectivity index (χ4n) is 1.16. The van der Waals surface area contributed by atoms with Crippen LogP contribution in [0.5, 0.6) is 0 Å². The van der Waals surface area contributed by atoms with Crippen molar-refractivity contribution < 1.29 is 9.47 Å². The Morgan fingerprint density at radius 3 is 2.91 bits per heavy atom. The fraction of sp³-hybridized carbons (Fsp3) is 0.500. The van der Waals surface area contributed by atoms with Gasteiger partial charge in [0.25, 0.3) is 0 Å². The van der Waals surface area contributed by atoms with E-state index < -0.39 is 0 Å². The molecule has 3 heteroatoms. The summed E-state index contributed by atoms with van der Waals surface area (Å²) in [6.07, 6.45) is 0. The van der Waals surface area contributed by atoms with Crippen molar-refractivity contribution in [2.45, 2.75) is 5.60 Å². The van der Waals surface area contributed by atoms with Gasteiger partial charge in [0.05, 0.1) is 13.2 Å². The normalized spacial score (nSPS) is 21.2. The molecule has 0 spiro atoms. The molecule has 0 bridgehead atoms. The van der Waals surface area contributed by atoms with Gasteiger partial charge in [0, 0.05) is 12.5 Å². The molecule has 0 aromatic carbocycles. The molecule has 1 saturated heterocycles. The number of rotatable bonds is 2. The molecule has 2 nitrogen and oxygen atoms in total. The van der Waals surface area contributed by atoms with E-state index in [9.17, 15) is 0 Å². The number of thiophene rings is 1. The summed E-state index contributed by atoms with van der Waals surface area (Å²) in [6, 6.07) is 1.97. The molecule has 0 aliphatic carbocycles. The molecular formula is C8H9O2S. The van der Waals surface area contributed by atoms with Gasteiger partial charge in [0.1, 0.15) is 5.60 Å². The summed E-state index contributed by atoms with van der Waals surface area (Å²) in [7, 11) is 1.72. The Hall–Kier alpha value is -0.380. The first-order valence-corrected chi connectivity index (χ1v) is 4.33. The SMILES string of the molecule is COC1(c2c[c]sc2)COC1. The summed E-state index contributed by atoms with van der Waals surface area (Å²) in [5.74, 6) is 0. The minimum Gasteiger partial charge on any atom is -0.375 e. The summed E-state index contributed by atoms with van der Waals surface area (Å²) in [6.45, 7) is 1.35. The second kappa shape index (κ2) is 2.59. The van der Waals surface area contributed by atoms with E-state index in [-0.39, 0.29) is 5.60 Å². The van der Waals surface area contributed by atoms with E-state index in [1.54, 1.807) is 18.4 Å². The van der Waals surface area contributed by atoms with Gasteiger partial charge in [-0.15, -0.1) is 11.3 Å². The quantitative estimate of drug-likeness (QED) is 0.666. The van der Waals surface area contributed by atoms with Crippen LogP contribution in [-0.4, -0.2) is 20.3 Å². The van der Waals surface area contributed by atoms with E-state index in [4.69, 9.17) is 9.47 Å². The van der Waals surface area contributed by atoms with Gasteiger partial charge in [-0.1, -0.05) is 0 Å². The first-order valence-electron chi connectivity index (χ1n) is 3.45. The Bertz CT molecular complexity index is 221.